The number of aryl methyl sites for hydroxylation is 1. The highest BCUT2D eigenvalue weighted by Crippen LogP contribution is 2.30. The van der Waals surface area contributed by atoms with Gasteiger partial charge in [0.25, 0.3) is 6.43 Å². The molecule has 6 heterocycles. The number of imidazole rings is 1. The Hall–Kier alpha value is -3.32. The van der Waals surface area contributed by atoms with Gasteiger partial charge in [-0.1, -0.05) is 0 Å². The van der Waals surface area contributed by atoms with Crippen LogP contribution in [0.2, 0.25) is 0 Å². The van der Waals surface area contributed by atoms with Gasteiger partial charge in [0, 0.05) is 13.1 Å². The van der Waals surface area contributed by atoms with E-state index >= 15 is 4.39 Å². The molecule has 2 atom stereocenters. The molecule has 0 aromatic carbocycles. The van der Waals surface area contributed by atoms with E-state index in [0.717, 1.165) is 6.54 Å². The second-order valence-corrected chi connectivity index (χ2v) is 9.21. The first-order valence-corrected chi connectivity index (χ1v) is 11.8. The Balaban J connectivity index is 1.27. The highest BCUT2D eigenvalue weighted by atomic mass is 19.3. The summed E-state index contributed by atoms with van der Waals surface area (Å²) in [5.41, 5.74) is 1.43. The molecule has 6 rings (SSSR count). The standard InChI is InChI=1S/C23H24F4N8O/c1-12-29-18-3-2-17(30-22(18)34(12)9-20(26)27)21-15(25)8-35-19(21)6-28-23(32-35)31-16-4-5-33(7-14(16)24)13-10-36-11-13/h2-3,6,8,13-14,16,20H,4-5,7,9-11H2,1H3,(H,31,32)/t14-,16+/m1/s1. The van der Waals surface area contributed by atoms with Crippen molar-refractivity contribution in [3.8, 4) is 11.3 Å². The molecule has 0 saturated carbocycles. The molecule has 36 heavy (non-hydrogen) atoms. The summed E-state index contributed by atoms with van der Waals surface area (Å²) in [4.78, 5) is 15.1. The van der Waals surface area contributed by atoms with Crippen LogP contribution in [-0.4, -0.2) is 85.0 Å². The molecule has 0 amide bonds. The third-order valence-electron chi connectivity index (χ3n) is 6.87. The first-order chi connectivity index (χ1) is 17.4. The molecule has 0 aliphatic carbocycles. The van der Waals surface area contributed by atoms with E-state index in [4.69, 9.17) is 4.74 Å². The number of rotatable bonds is 6. The number of nitrogens with one attached hydrogen (secondary N) is 1. The minimum Gasteiger partial charge on any atom is -0.378 e. The first kappa shape index (κ1) is 23.1. The lowest BCUT2D eigenvalue weighted by atomic mass is 10.0. The number of alkyl halides is 3. The van der Waals surface area contributed by atoms with Crippen molar-refractivity contribution in [2.45, 2.75) is 44.6 Å². The normalized spacial score (nSPS) is 21.5. The lowest BCUT2D eigenvalue weighted by Crippen LogP contribution is -2.57. The number of fused-ring (bicyclic) bond motifs is 2. The van der Waals surface area contributed by atoms with Gasteiger partial charge in [0.1, 0.15) is 17.5 Å². The zero-order valence-corrected chi connectivity index (χ0v) is 19.4. The average Bonchev–Trinajstić information content (AvgIpc) is 3.28. The number of hydrogen-bond acceptors (Lipinski definition) is 7. The van der Waals surface area contributed by atoms with Gasteiger partial charge in [-0.2, -0.15) is 0 Å². The van der Waals surface area contributed by atoms with Gasteiger partial charge in [0.2, 0.25) is 5.95 Å². The number of likely N-dealkylation sites (tertiary alicyclic amines) is 1. The Morgan fingerprint density at radius 1 is 1.22 bits per heavy atom. The van der Waals surface area contributed by atoms with Crippen LogP contribution in [0.4, 0.5) is 23.5 Å². The zero-order chi connectivity index (χ0) is 25.0. The second kappa shape index (κ2) is 8.96. The SMILES string of the molecule is Cc1nc2ccc(-c3c(F)cn4nc(N[C@H]5CCN(C6COC6)C[C@H]5F)ncc34)nc2n1CC(F)F. The number of nitrogens with zero attached hydrogens (tertiary/aromatic N) is 7. The summed E-state index contributed by atoms with van der Waals surface area (Å²) in [7, 11) is 0. The molecule has 4 aromatic heterocycles. The summed E-state index contributed by atoms with van der Waals surface area (Å²) in [6.45, 7) is 3.40. The van der Waals surface area contributed by atoms with Gasteiger partial charge in [-0.3, -0.25) is 4.90 Å². The van der Waals surface area contributed by atoms with Gasteiger partial charge in [0.05, 0.1) is 61.0 Å². The average molecular weight is 504 g/mol. The van der Waals surface area contributed by atoms with Crippen molar-refractivity contribution < 1.29 is 22.3 Å². The smallest absolute Gasteiger partial charge is 0.256 e. The highest BCUT2D eigenvalue weighted by Gasteiger charge is 2.35. The van der Waals surface area contributed by atoms with E-state index in [1.54, 1.807) is 19.1 Å². The molecule has 0 radical (unpaired) electrons. The number of hydrogen-bond donors (Lipinski definition) is 1. The van der Waals surface area contributed by atoms with E-state index in [1.807, 2.05) is 0 Å². The lowest BCUT2D eigenvalue weighted by molar-refractivity contribution is -0.0794. The molecule has 0 unspecified atom stereocenters. The highest BCUT2D eigenvalue weighted by molar-refractivity contribution is 5.83. The Kier molecular flexibility index (Phi) is 5.75. The molecule has 2 aliphatic heterocycles. The number of pyridine rings is 1. The topological polar surface area (TPSA) is 85.4 Å². The second-order valence-electron chi connectivity index (χ2n) is 9.21. The van der Waals surface area contributed by atoms with Crippen molar-refractivity contribution in [2.24, 2.45) is 0 Å². The van der Waals surface area contributed by atoms with Crippen molar-refractivity contribution in [3.05, 3.63) is 36.2 Å². The maximum Gasteiger partial charge on any atom is 0.256 e. The third-order valence-corrected chi connectivity index (χ3v) is 6.87. The van der Waals surface area contributed by atoms with Crippen molar-refractivity contribution >= 4 is 22.6 Å². The number of ether oxygens (including phenoxy) is 1. The van der Waals surface area contributed by atoms with Crippen molar-refractivity contribution in [2.75, 3.05) is 31.6 Å². The van der Waals surface area contributed by atoms with Crippen molar-refractivity contribution in [1.29, 1.82) is 0 Å². The fraction of sp³-hybridized carbons (Fsp3) is 0.478. The van der Waals surface area contributed by atoms with Gasteiger partial charge >= 0.3 is 0 Å². The van der Waals surface area contributed by atoms with Crippen LogP contribution in [-0.2, 0) is 11.3 Å². The summed E-state index contributed by atoms with van der Waals surface area (Å²) in [5, 5.41) is 7.37. The van der Waals surface area contributed by atoms with Crippen molar-refractivity contribution in [1.82, 2.24) is 34.0 Å². The summed E-state index contributed by atoms with van der Waals surface area (Å²) in [6.07, 6.45) is -0.471. The van der Waals surface area contributed by atoms with E-state index in [0.29, 0.717) is 43.0 Å². The molecule has 13 heteroatoms. The molecule has 9 nitrogen and oxygen atoms in total. The summed E-state index contributed by atoms with van der Waals surface area (Å²) in [5.74, 6) is -0.00950. The number of aromatic nitrogens is 6. The van der Waals surface area contributed by atoms with E-state index in [9.17, 15) is 13.2 Å². The molecule has 2 saturated heterocycles. The van der Waals surface area contributed by atoms with Crippen LogP contribution in [0, 0.1) is 12.7 Å². The Morgan fingerprint density at radius 3 is 2.78 bits per heavy atom. The monoisotopic (exact) mass is 504 g/mol. The van der Waals surface area contributed by atoms with E-state index in [-0.39, 0.29) is 28.9 Å². The van der Waals surface area contributed by atoms with E-state index in [1.165, 1.54) is 21.5 Å². The van der Waals surface area contributed by atoms with Crippen LogP contribution in [0.25, 0.3) is 27.9 Å². The first-order valence-electron chi connectivity index (χ1n) is 11.8. The summed E-state index contributed by atoms with van der Waals surface area (Å²) >= 11 is 0. The molecule has 0 spiro atoms. The molecule has 1 N–H and O–H groups in total. The lowest BCUT2D eigenvalue weighted by Gasteiger charge is -2.42. The Morgan fingerprint density at radius 2 is 2.06 bits per heavy atom. The minimum atomic E-state index is -2.58. The van der Waals surface area contributed by atoms with Gasteiger partial charge in [0.15, 0.2) is 11.5 Å². The summed E-state index contributed by atoms with van der Waals surface area (Å²) in [6, 6.07) is 3.03. The molecular weight excluding hydrogens is 480 g/mol. The van der Waals surface area contributed by atoms with Crippen LogP contribution in [0.1, 0.15) is 12.2 Å². The quantitative estimate of drug-likeness (QED) is 0.404. The largest absolute Gasteiger partial charge is 0.378 e. The molecule has 0 bridgehead atoms. The summed E-state index contributed by atoms with van der Waals surface area (Å²) < 4.78 is 63.8. The molecule has 2 fully saturated rings. The molecule has 4 aromatic rings. The van der Waals surface area contributed by atoms with Crippen LogP contribution < -0.4 is 5.32 Å². The van der Waals surface area contributed by atoms with E-state index in [2.05, 4.69) is 30.3 Å². The maximum atomic E-state index is 15.0. The molecule has 2 aliphatic rings. The minimum absolute atomic E-state index is 0.144. The van der Waals surface area contributed by atoms with E-state index < -0.39 is 31.0 Å². The van der Waals surface area contributed by atoms with Crippen LogP contribution in [0.15, 0.2) is 24.5 Å². The zero-order valence-electron chi connectivity index (χ0n) is 19.4. The van der Waals surface area contributed by atoms with Crippen LogP contribution in [0.5, 0.6) is 0 Å². The Bertz CT molecular complexity index is 1420. The Labute approximate surface area is 203 Å². The predicted molar refractivity (Wildman–Crippen MR) is 123 cm³/mol. The fourth-order valence-corrected chi connectivity index (χ4v) is 4.89. The van der Waals surface area contributed by atoms with Gasteiger partial charge in [-0.15, -0.1) is 5.10 Å². The molecular formula is C23H24F4N8O. The third kappa shape index (κ3) is 4.05. The number of piperidine rings is 1. The van der Waals surface area contributed by atoms with Gasteiger partial charge in [-0.25, -0.2) is 37.0 Å². The van der Waals surface area contributed by atoms with Crippen molar-refractivity contribution in [3.63, 3.8) is 0 Å². The fourth-order valence-electron chi connectivity index (χ4n) is 4.89. The van der Waals surface area contributed by atoms with Gasteiger partial charge in [-0.05, 0) is 25.5 Å². The van der Waals surface area contributed by atoms with Gasteiger partial charge < -0.3 is 14.6 Å². The predicted octanol–water partition coefficient (Wildman–Crippen LogP) is 3.08. The number of anilines is 1. The van der Waals surface area contributed by atoms with Crippen LogP contribution >= 0.6 is 0 Å². The van der Waals surface area contributed by atoms with Crippen LogP contribution in [0.3, 0.4) is 0 Å². The maximum absolute atomic E-state index is 15.0. The molecule has 190 valence electrons. The number of halogens is 4.